The number of hydrogen-bond donors (Lipinski definition) is 7. The number of urea groups is 1. The number of carbonyl (C=O) groups excluding carboxylic acids is 9. The third-order valence-corrected chi connectivity index (χ3v) is 16.1. The lowest BCUT2D eigenvalue weighted by atomic mass is 9.44. The number of rotatable bonds is 22. The molecule has 0 radical (unpaired) electrons. The van der Waals surface area contributed by atoms with Gasteiger partial charge in [0.15, 0.2) is 18.1 Å². The average molecular weight is 1040 g/mol. The van der Waals surface area contributed by atoms with Gasteiger partial charge in [0.1, 0.15) is 30.1 Å². The van der Waals surface area contributed by atoms with Crippen LogP contribution in [0.3, 0.4) is 0 Å². The van der Waals surface area contributed by atoms with Gasteiger partial charge in [-0.2, -0.15) is 0 Å². The Hall–Kier alpha value is -6.22. The standard InChI is InChI=1S/C53H76FN7O13/c1-30(2)40(63)18-19-43(66)59-44(31(3)4)46(68)58-39(11-10-22-56-47(55)69)45(67)57-35-15-12-33(13-16-35)28-73-48(70)60(8)23-24-61(9)49(71)74-29-42(65)53(72)32(5)25-38-37-17-14-34-26-36(62)20-21-50(34,6)52(37,54)41(64)27-51(38,53)7/h12-13,15-16,20-21,26,30-32,37-39,41,44,64,72H,10-11,14,17-19,22-25,27-29H2,1-9H3,(H,57,67)(H,58,68)(H,59,66)(H3,55,56,69)/t32-,37+,38+,39+,41+,44+,50+,51+,52+,53+/m1/s1. The zero-order valence-corrected chi connectivity index (χ0v) is 44.1. The molecule has 5 rings (SSSR count). The summed E-state index contributed by atoms with van der Waals surface area (Å²) in [5.41, 5.74) is 0.0563. The van der Waals surface area contributed by atoms with Crippen molar-refractivity contribution in [3.63, 3.8) is 0 Å². The molecule has 1 aromatic carbocycles. The zero-order chi connectivity index (χ0) is 55.1. The number of carbonyl (C=O) groups is 9. The van der Waals surface area contributed by atoms with E-state index in [1.807, 2.05) is 0 Å². The van der Waals surface area contributed by atoms with Crippen LogP contribution in [0.15, 0.2) is 48.1 Å². The van der Waals surface area contributed by atoms with E-state index in [0.29, 0.717) is 36.1 Å². The molecule has 0 unspecified atom stereocenters. The van der Waals surface area contributed by atoms with Crippen LogP contribution in [0, 0.1) is 40.4 Å². The van der Waals surface area contributed by atoms with Crippen LogP contribution in [0.5, 0.6) is 0 Å². The number of likely N-dealkylation sites (N-methyl/N-ethyl adjacent to an activating group) is 2. The number of nitrogens with two attached hydrogens (primary N) is 1. The first-order valence-corrected chi connectivity index (χ1v) is 25.5. The van der Waals surface area contributed by atoms with Crippen molar-refractivity contribution in [1.82, 2.24) is 25.8 Å². The number of alkyl halides is 1. The Morgan fingerprint density at radius 3 is 2.15 bits per heavy atom. The number of Topliss-reactive ketones (excluding diaryl/α,β-unsaturated/α-hetero) is 2. The van der Waals surface area contributed by atoms with E-state index in [1.54, 1.807) is 78.8 Å². The van der Waals surface area contributed by atoms with Crippen LogP contribution >= 0.6 is 0 Å². The highest BCUT2D eigenvalue weighted by Gasteiger charge is 2.75. The van der Waals surface area contributed by atoms with E-state index in [-0.39, 0.29) is 81.7 Å². The second-order valence-electron chi connectivity index (χ2n) is 21.6. The van der Waals surface area contributed by atoms with Gasteiger partial charge in [0.2, 0.25) is 23.5 Å². The van der Waals surface area contributed by atoms with Crippen LogP contribution < -0.4 is 27.0 Å². The van der Waals surface area contributed by atoms with Crippen LogP contribution in [-0.4, -0.2) is 143 Å². The zero-order valence-electron chi connectivity index (χ0n) is 44.1. The predicted molar refractivity (Wildman–Crippen MR) is 269 cm³/mol. The topological polar surface area (TPSA) is 293 Å². The van der Waals surface area contributed by atoms with Gasteiger partial charge in [0, 0.05) is 74.9 Å². The summed E-state index contributed by atoms with van der Waals surface area (Å²) in [5.74, 6) is -5.21. The summed E-state index contributed by atoms with van der Waals surface area (Å²) >= 11 is 0. The minimum absolute atomic E-state index is 0.00733. The van der Waals surface area contributed by atoms with Gasteiger partial charge in [0.05, 0.1) is 6.10 Å². The first-order chi connectivity index (χ1) is 34.6. The van der Waals surface area contributed by atoms with Crippen LogP contribution in [-0.2, 0) is 44.8 Å². The van der Waals surface area contributed by atoms with Gasteiger partial charge >= 0.3 is 18.2 Å². The SMILES string of the molecule is CC(C)C(=O)CCC(=O)N[C@H](C(=O)N[C@@H](CCCNC(N)=O)C(=O)Nc1ccc(COC(=O)N(C)CCN(C)C(=O)OCC(=O)[C@@]2(O)[C@H](C)C[C@H]3[C@@H]4CCC5=CC(=O)C=C[C@]5(C)[C@@]4(F)[C@@H](O)C[C@@]32C)cc1)C(C)C. The van der Waals surface area contributed by atoms with Crippen molar-refractivity contribution in [2.45, 2.75) is 136 Å². The lowest BCUT2D eigenvalue weighted by Crippen LogP contribution is -2.69. The van der Waals surface area contributed by atoms with Crippen molar-refractivity contribution in [2.24, 2.45) is 46.2 Å². The summed E-state index contributed by atoms with van der Waals surface area (Å²) < 4.78 is 28.4. The van der Waals surface area contributed by atoms with Crippen molar-refractivity contribution in [3.8, 4) is 0 Å². The molecule has 3 saturated carbocycles. The number of fused-ring (bicyclic) bond motifs is 5. The molecule has 21 heteroatoms. The number of aliphatic hydroxyl groups excluding tert-OH is 1. The minimum atomic E-state index is -2.14. The third-order valence-electron chi connectivity index (χ3n) is 16.1. The molecule has 0 heterocycles. The molecular weight excluding hydrogens is 962 g/mol. The molecule has 10 atom stereocenters. The maximum absolute atomic E-state index is 17.6. The van der Waals surface area contributed by atoms with Crippen molar-refractivity contribution >= 4 is 59.0 Å². The van der Waals surface area contributed by atoms with Gasteiger partial charge in [0.25, 0.3) is 0 Å². The summed E-state index contributed by atoms with van der Waals surface area (Å²) in [6, 6.07) is 3.52. The number of hydrogen-bond acceptors (Lipinski definition) is 13. The van der Waals surface area contributed by atoms with Gasteiger partial charge in [-0.1, -0.05) is 65.3 Å². The van der Waals surface area contributed by atoms with Crippen molar-refractivity contribution in [2.75, 3.05) is 45.7 Å². The number of amides is 7. The Balaban J connectivity index is 1.09. The van der Waals surface area contributed by atoms with Gasteiger partial charge < -0.3 is 56.5 Å². The number of ketones is 3. The molecule has 4 aliphatic rings. The molecule has 8 N–H and O–H groups in total. The first-order valence-electron chi connectivity index (χ1n) is 25.5. The summed E-state index contributed by atoms with van der Waals surface area (Å²) in [6.45, 7) is 11.2. The second kappa shape index (κ2) is 24.0. The van der Waals surface area contributed by atoms with Gasteiger partial charge in [-0.3, -0.25) is 28.8 Å². The second-order valence-corrected chi connectivity index (χ2v) is 21.6. The van der Waals surface area contributed by atoms with Crippen molar-refractivity contribution < 1.29 is 67.2 Å². The summed E-state index contributed by atoms with van der Waals surface area (Å²) in [6.07, 6.45) is 2.30. The molecule has 7 amide bonds. The van der Waals surface area contributed by atoms with E-state index in [9.17, 15) is 53.4 Å². The molecule has 408 valence electrons. The van der Waals surface area contributed by atoms with E-state index >= 15 is 4.39 Å². The molecule has 1 aromatic rings. The van der Waals surface area contributed by atoms with Gasteiger partial charge in [-0.05, 0) is 93.1 Å². The number of ether oxygens (including phenoxy) is 2. The number of nitrogens with zero attached hydrogens (tertiary/aromatic N) is 2. The van der Waals surface area contributed by atoms with Gasteiger partial charge in [-0.25, -0.2) is 18.8 Å². The molecular formula is C53H76FN7O13. The van der Waals surface area contributed by atoms with Crippen LogP contribution in [0.4, 0.5) is 24.5 Å². The lowest BCUT2D eigenvalue weighted by molar-refractivity contribution is -0.219. The van der Waals surface area contributed by atoms with Crippen molar-refractivity contribution in [3.05, 3.63) is 53.6 Å². The third kappa shape index (κ3) is 12.5. The highest BCUT2D eigenvalue weighted by Crippen LogP contribution is 2.70. The lowest BCUT2D eigenvalue weighted by Gasteiger charge is -2.62. The molecule has 0 saturated heterocycles. The quantitative estimate of drug-likeness (QED) is 0.0801. The summed E-state index contributed by atoms with van der Waals surface area (Å²) in [4.78, 5) is 118. The number of halogens is 1. The van der Waals surface area contributed by atoms with E-state index in [0.717, 1.165) is 4.90 Å². The Labute approximate surface area is 432 Å². The molecule has 3 fully saturated rings. The molecule has 0 aliphatic heterocycles. The monoisotopic (exact) mass is 1040 g/mol. The summed E-state index contributed by atoms with van der Waals surface area (Å²) in [7, 11) is 2.87. The normalized spacial score (nSPS) is 27.5. The minimum Gasteiger partial charge on any atom is -0.445 e. The molecule has 0 spiro atoms. The fourth-order valence-corrected chi connectivity index (χ4v) is 11.5. The Morgan fingerprint density at radius 1 is 0.905 bits per heavy atom. The number of aliphatic hydroxyl groups is 2. The van der Waals surface area contributed by atoms with E-state index in [4.69, 9.17) is 15.2 Å². The molecule has 20 nitrogen and oxygen atoms in total. The molecule has 0 bridgehead atoms. The molecule has 4 aliphatic carbocycles. The first kappa shape index (κ1) is 58.7. The Bertz CT molecular complexity index is 2380. The van der Waals surface area contributed by atoms with Crippen molar-refractivity contribution in [1.29, 1.82) is 0 Å². The van der Waals surface area contributed by atoms with Crippen LogP contribution in [0.25, 0.3) is 0 Å². The summed E-state index contributed by atoms with van der Waals surface area (Å²) in [5, 5.41) is 34.5. The fraction of sp³-hybridized carbons (Fsp3) is 0.642. The molecule has 74 heavy (non-hydrogen) atoms. The van der Waals surface area contributed by atoms with Crippen LogP contribution in [0.1, 0.15) is 105 Å². The Morgan fingerprint density at radius 2 is 1.54 bits per heavy atom. The number of anilines is 1. The maximum Gasteiger partial charge on any atom is 0.409 e. The largest absolute Gasteiger partial charge is 0.445 e. The van der Waals surface area contributed by atoms with Crippen LogP contribution in [0.2, 0.25) is 0 Å². The maximum atomic E-state index is 17.6. The number of primary amides is 1. The number of nitrogens with one attached hydrogen (secondary N) is 4. The molecule has 0 aromatic heterocycles. The highest BCUT2D eigenvalue weighted by molar-refractivity contribution is 6.01. The number of allylic oxidation sites excluding steroid dienone is 4. The predicted octanol–water partition coefficient (Wildman–Crippen LogP) is 4.26. The van der Waals surface area contributed by atoms with E-state index in [1.165, 1.54) is 31.1 Å². The number of benzene rings is 1. The van der Waals surface area contributed by atoms with E-state index < -0.39 is 106 Å². The fourth-order valence-electron chi connectivity index (χ4n) is 11.5. The highest BCUT2D eigenvalue weighted by atomic mass is 19.1. The Kier molecular flexibility index (Phi) is 19.0. The average Bonchev–Trinajstić information content (AvgIpc) is 3.54. The smallest absolute Gasteiger partial charge is 0.409 e. The van der Waals surface area contributed by atoms with E-state index in [2.05, 4.69) is 21.3 Å². The van der Waals surface area contributed by atoms with Gasteiger partial charge in [-0.15, -0.1) is 0 Å².